The number of methoxy groups -OCH3 is 2. The molecule has 0 atom stereocenters. The first-order chi connectivity index (χ1) is 13.8. The monoisotopic (exact) mass is 422 g/mol. The normalized spacial score (nSPS) is 12.2. The van der Waals surface area contributed by atoms with Crippen LogP contribution in [0.1, 0.15) is 15.9 Å². The molecular formula is C20H17F3N2O3S. The van der Waals surface area contributed by atoms with Gasteiger partial charge in [0.05, 0.1) is 30.0 Å². The standard InChI is InChI=1S/C20H17F3N2O3S/c1-4-8-25-14-10-15(27-2)16(28-3)11-17(14)29-19(25)24-18(26)12-6-5-7-13(9-12)20(21,22)23/h4-7,9-11H,1,8H2,2-3H3. The third kappa shape index (κ3) is 4.19. The zero-order chi connectivity index (χ0) is 21.2. The minimum absolute atomic E-state index is 0.141. The van der Waals surface area contributed by atoms with E-state index in [4.69, 9.17) is 9.47 Å². The number of benzene rings is 2. The van der Waals surface area contributed by atoms with Crippen molar-refractivity contribution in [2.75, 3.05) is 14.2 Å². The highest BCUT2D eigenvalue weighted by Gasteiger charge is 2.30. The van der Waals surface area contributed by atoms with Gasteiger partial charge in [0.25, 0.3) is 5.91 Å². The maximum Gasteiger partial charge on any atom is 0.416 e. The van der Waals surface area contributed by atoms with Crippen molar-refractivity contribution in [3.63, 3.8) is 0 Å². The highest BCUT2D eigenvalue weighted by molar-refractivity contribution is 7.16. The lowest BCUT2D eigenvalue weighted by Crippen LogP contribution is -2.16. The molecule has 1 heterocycles. The molecule has 3 rings (SSSR count). The van der Waals surface area contributed by atoms with Gasteiger partial charge in [0, 0.05) is 24.2 Å². The Kier molecular flexibility index (Phi) is 5.78. The van der Waals surface area contributed by atoms with Gasteiger partial charge in [-0.05, 0) is 18.2 Å². The Bertz CT molecular complexity index is 1150. The number of hydrogen-bond acceptors (Lipinski definition) is 4. The van der Waals surface area contributed by atoms with Gasteiger partial charge in [-0.15, -0.1) is 6.58 Å². The van der Waals surface area contributed by atoms with Crippen LogP contribution in [0.4, 0.5) is 13.2 Å². The van der Waals surface area contributed by atoms with Crippen molar-refractivity contribution in [3.05, 3.63) is 65.0 Å². The molecule has 0 aliphatic rings. The maximum atomic E-state index is 12.9. The van der Waals surface area contributed by atoms with Gasteiger partial charge in [-0.1, -0.05) is 23.5 Å². The molecule has 0 spiro atoms. The van der Waals surface area contributed by atoms with Crippen molar-refractivity contribution in [1.82, 2.24) is 4.57 Å². The topological polar surface area (TPSA) is 52.8 Å². The van der Waals surface area contributed by atoms with Crippen LogP contribution in [0.15, 0.2) is 54.0 Å². The summed E-state index contributed by atoms with van der Waals surface area (Å²) in [4.78, 5) is 17.0. The van der Waals surface area contributed by atoms with E-state index in [0.29, 0.717) is 22.8 Å². The van der Waals surface area contributed by atoms with Gasteiger partial charge in [0.15, 0.2) is 16.3 Å². The van der Waals surface area contributed by atoms with Gasteiger partial charge in [-0.3, -0.25) is 4.79 Å². The second-order valence-corrected chi connectivity index (χ2v) is 6.96. The molecule has 0 N–H and O–H groups in total. The van der Waals surface area contributed by atoms with Crippen molar-refractivity contribution < 1.29 is 27.4 Å². The molecule has 1 amide bonds. The van der Waals surface area contributed by atoms with E-state index in [1.165, 1.54) is 37.7 Å². The van der Waals surface area contributed by atoms with E-state index in [1.54, 1.807) is 22.8 Å². The van der Waals surface area contributed by atoms with Gasteiger partial charge in [0.2, 0.25) is 0 Å². The highest BCUT2D eigenvalue weighted by atomic mass is 32.1. The van der Waals surface area contributed by atoms with Gasteiger partial charge >= 0.3 is 6.18 Å². The second-order valence-electron chi connectivity index (χ2n) is 5.95. The molecule has 1 aromatic heterocycles. The molecule has 0 aliphatic heterocycles. The summed E-state index contributed by atoms with van der Waals surface area (Å²) >= 11 is 1.22. The number of rotatable bonds is 5. The fourth-order valence-corrected chi connectivity index (χ4v) is 3.82. The quantitative estimate of drug-likeness (QED) is 0.562. The molecule has 0 aliphatic carbocycles. The van der Waals surface area contributed by atoms with E-state index in [0.717, 1.165) is 22.3 Å². The van der Waals surface area contributed by atoms with Crippen LogP contribution < -0.4 is 14.3 Å². The number of halogens is 3. The lowest BCUT2D eigenvalue weighted by atomic mass is 10.1. The van der Waals surface area contributed by atoms with Crippen LogP contribution in [0.2, 0.25) is 0 Å². The number of nitrogens with zero attached hydrogens (tertiary/aromatic N) is 2. The molecule has 0 saturated heterocycles. The Balaban J connectivity index is 2.15. The fourth-order valence-electron chi connectivity index (χ4n) is 2.77. The average Bonchev–Trinajstić information content (AvgIpc) is 3.02. The van der Waals surface area contributed by atoms with Crippen molar-refractivity contribution in [3.8, 4) is 11.5 Å². The Morgan fingerprint density at radius 1 is 1.21 bits per heavy atom. The smallest absolute Gasteiger partial charge is 0.416 e. The predicted octanol–water partition coefficient (Wildman–Crippen LogP) is 4.67. The molecular weight excluding hydrogens is 405 g/mol. The van der Waals surface area contributed by atoms with Crippen LogP contribution in [0.25, 0.3) is 10.2 Å². The van der Waals surface area contributed by atoms with Crippen LogP contribution in [0, 0.1) is 0 Å². The number of amides is 1. The van der Waals surface area contributed by atoms with Crippen LogP contribution in [0.3, 0.4) is 0 Å². The zero-order valence-corrected chi connectivity index (χ0v) is 16.4. The molecule has 0 saturated carbocycles. The number of allylic oxidation sites excluding steroid dienone is 1. The van der Waals surface area contributed by atoms with Gasteiger partial charge in [0.1, 0.15) is 0 Å². The lowest BCUT2D eigenvalue weighted by molar-refractivity contribution is -0.137. The number of thiazole rings is 1. The SMILES string of the molecule is C=CCn1c(=NC(=O)c2cccc(C(F)(F)F)c2)sc2cc(OC)c(OC)cc21. The summed E-state index contributed by atoms with van der Waals surface area (Å²) < 4.78 is 51.9. The molecule has 5 nitrogen and oxygen atoms in total. The first kappa shape index (κ1) is 20.7. The third-order valence-electron chi connectivity index (χ3n) is 4.13. The molecule has 0 unspecified atom stereocenters. The maximum absolute atomic E-state index is 12.9. The van der Waals surface area contributed by atoms with Crippen molar-refractivity contribution in [2.24, 2.45) is 4.99 Å². The summed E-state index contributed by atoms with van der Waals surface area (Å²) in [5.41, 5.74) is -0.302. The highest BCUT2D eigenvalue weighted by Crippen LogP contribution is 2.33. The van der Waals surface area contributed by atoms with E-state index in [-0.39, 0.29) is 5.56 Å². The van der Waals surface area contributed by atoms with Crippen molar-refractivity contribution >= 4 is 27.5 Å². The Morgan fingerprint density at radius 2 is 1.90 bits per heavy atom. The molecule has 0 fully saturated rings. The van der Waals surface area contributed by atoms with Crippen LogP contribution in [-0.4, -0.2) is 24.7 Å². The van der Waals surface area contributed by atoms with Crippen LogP contribution >= 0.6 is 11.3 Å². The van der Waals surface area contributed by atoms with E-state index in [9.17, 15) is 18.0 Å². The predicted molar refractivity (Wildman–Crippen MR) is 104 cm³/mol. The molecule has 0 radical (unpaired) electrons. The summed E-state index contributed by atoms with van der Waals surface area (Å²) in [7, 11) is 3.02. The number of ether oxygens (including phenoxy) is 2. The minimum Gasteiger partial charge on any atom is -0.493 e. The number of hydrogen-bond donors (Lipinski definition) is 0. The summed E-state index contributed by atoms with van der Waals surface area (Å²) in [6.07, 6.45) is -2.90. The molecule has 29 heavy (non-hydrogen) atoms. The molecule has 2 aromatic carbocycles. The van der Waals surface area contributed by atoms with Crippen LogP contribution in [0.5, 0.6) is 11.5 Å². The largest absolute Gasteiger partial charge is 0.493 e. The lowest BCUT2D eigenvalue weighted by Gasteiger charge is -2.08. The van der Waals surface area contributed by atoms with Gasteiger partial charge in [-0.2, -0.15) is 18.2 Å². The third-order valence-corrected chi connectivity index (χ3v) is 5.17. The van der Waals surface area contributed by atoms with E-state index < -0.39 is 17.6 Å². The number of carbonyl (C=O) groups is 1. The number of carbonyl (C=O) groups excluding carboxylic acids is 1. The minimum atomic E-state index is -4.54. The molecule has 9 heteroatoms. The summed E-state index contributed by atoms with van der Waals surface area (Å²) in [5.74, 6) is 0.258. The van der Waals surface area contributed by atoms with Crippen LogP contribution in [-0.2, 0) is 12.7 Å². The number of alkyl halides is 3. The molecule has 152 valence electrons. The fraction of sp³-hybridized carbons (Fsp3) is 0.200. The van der Waals surface area contributed by atoms with E-state index in [2.05, 4.69) is 11.6 Å². The first-order valence-electron chi connectivity index (χ1n) is 8.41. The summed E-state index contributed by atoms with van der Waals surface area (Å²) in [6, 6.07) is 7.70. The van der Waals surface area contributed by atoms with Gasteiger partial charge < -0.3 is 14.0 Å². The van der Waals surface area contributed by atoms with Crippen molar-refractivity contribution in [2.45, 2.75) is 12.7 Å². The summed E-state index contributed by atoms with van der Waals surface area (Å²) in [6.45, 7) is 4.06. The van der Waals surface area contributed by atoms with Crippen molar-refractivity contribution in [1.29, 1.82) is 0 Å². The zero-order valence-electron chi connectivity index (χ0n) is 15.6. The molecule has 0 bridgehead atoms. The summed E-state index contributed by atoms with van der Waals surface area (Å²) in [5, 5.41) is 0. The number of fused-ring (bicyclic) bond motifs is 1. The second kappa shape index (κ2) is 8.12. The Hall–Kier alpha value is -3.07. The molecule has 3 aromatic rings. The first-order valence-corrected chi connectivity index (χ1v) is 9.22. The van der Waals surface area contributed by atoms with Gasteiger partial charge in [-0.25, -0.2) is 0 Å². The average molecular weight is 422 g/mol. The van der Waals surface area contributed by atoms with E-state index in [1.807, 2.05) is 0 Å². The Labute approximate surface area is 168 Å². The number of aromatic nitrogens is 1. The Morgan fingerprint density at radius 3 is 2.52 bits per heavy atom. The van der Waals surface area contributed by atoms with E-state index >= 15 is 0 Å².